The molecule has 1 heterocycles. The minimum atomic E-state index is -0.391. The summed E-state index contributed by atoms with van der Waals surface area (Å²) in [5, 5.41) is 6.36. The summed E-state index contributed by atoms with van der Waals surface area (Å²) in [7, 11) is 0. The Balaban J connectivity index is 1.47. The molecule has 168 valence electrons. The molecule has 33 heavy (non-hydrogen) atoms. The lowest BCUT2D eigenvalue weighted by atomic mass is 10.0. The Labute approximate surface area is 197 Å². The summed E-state index contributed by atoms with van der Waals surface area (Å²) < 4.78 is 15.5. The Kier molecular flexibility index (Phi) is 7.42. The maximum Gasteiger partial charge on any atom is 0.319 e. The second-order valence-electron chi connectivity index (χ2n) is 7.31. The van der Waals surface area contributed by atoms with Crippen molar-refractivity contribution in [3.63, 3.8) is 0 Å². The van der Waals surface area contributed by atoms with Gasteiger partial charge in [-0.3, -0.25) is 0 Å². The first-order valence-corrected chi connectivity index (χ1v) is 11.8. The highest BCUT2D eigenvalue weighted by atomic mass is 32.2. The summed E-state index contributed by atoms with van der Waals surface area (Å²) in [6, 6.07) is 25.9. The zero-order valence-electron chi connectivity index (χ0n) is 18.3. The summed E-state index contributed by atoms with van der Waals surface area (Å²) in [5.74, 6) is 0.258. The molecule has 4 rings (SSSR count). The van der Waals surface area contributed by atoms with E-state index in [1.807, 2.05) is 36.4 Å². The molecular formula is C26H25FN4OS. The third kappa shape index (κ3) is 5.62. The number of benzene rings is 3. The molecular weight excluding hydrogens is 435 g/mol. The van der Waals surface area contributed by atoms with Gasteiger partial charge in [-0.2, -0.15) is 0 Å². The molecule has 0 saturated carbocycles. The molecule has 0 aliphatic carbocycles. The normalized spacial score (nSPS) is 10.7. The third-order valence-corrected chi connectivity index (χ3v) is 6.02. The van der Waals surface area contributed by atoms with Gasteiger partial charge in [-0.25, -0.2) is 14.2 Å². The van der Waals surface area contributed by atoms with Gasteiger partial charge in [0.25, 0.3) is 0 Å². The van der Waals surface area contributed by atoms with E-state index in [9.17, 15) is 9.18 Å². The van der Waals surface area contributed by atoms with Crippen LogP contribution < -0.4 is 10.6 Å². The highest BCUT2D eigenvalue weighted by molar-refractivity contribution is 7.99. The lowest BCUT2D eigenvalue weighted by Gasteiger charge is -2.11. The number of anilines is 1. The van der Waals surface area contributed by atoms with Gasteiger partial charge in [0, 0.05) is 35.7 Å². The van der Waals surface area contributed by atoms with E-state index < -0.39 is 5.82 Å². The predicted molar refractivity (Wildman–Crippen MR) is 133 cm³/mol. The number of aromatic nitrogens is 2. The highest BCUT2D eigenvalue weighted by Crippen LogP contribution is 2.35. The van der Waals surface area contributed by atoms with Crippen molar-refractivity contribution in [1.29, 1.82) is 0 Å². The van der Waals surface area contributed by atoms with E-state index in [1.165, 1.54) is 12.1 Å². The van der Waals surface area contributed by atoms with Crippen molar-refractivity contribution in [2.75, 3.05) is 17.6 Å². The molecule has 1 aromatic heterocycles. The molecule has 0 saturated heterocycles. The van der Waals surface area contributed by atoms with Crippen LogP contribution in [0.4, 0.5) is 14.9 Å². The molecule has 2 amide bonds. The number of carbonyl (C=O) groups is 1. The molecule has 0 atom stereocenters. The Hall–Kier alpha value is -3.58. The van der Waals surface area contributed by atoms with E-state index in [0.29, 0.717) is 18.0 Å². The number of nitrogens with one attached hydrogen (secondary N) is 2. The Morgan fingerprint density at radius 2 is 1.67 bits per heavy atom. The van der Waals surface area contributed by atoms with Crippen molar-refractivity contribution in [2.45, 2.75) is 18.6 Å². The van der Waals surface area contributed by atoms with E-state index in [4.69, 9.17) is 4.98 Å². The molecule has 2 N–H and O–H groups in total. The van der Waals surface area contributed by atoms with Crippen molar-refractivity contribution in [3.8, 4) is 22.5 Å². The molecule has 0 radical (unpaired) electrons. The number of carbonyl (C=O) groups excluding carboxylic acids is 1. The predicted octanol–water partition coefficient (Wildman–Crippen LogP) is 6.29. The van der Waals surface area contributed by atoms with Gasteiger partial charge in [-0.15, -0.1) is 0 Å². The van der Waals surface area contributed by atoms with Crippen LogP contribution in [0.5, 0.6) is 0 Å². The van der Waals surface area contributed by atoms with Gasteiger partial charge >= 0.3 is 6.03 Å². The van der Waals surface area contributed by atoms with Crippen LogP contribution in [0.3, 0.4) is 0 Å². The maximum absolute atomic E-state index is 13.3. The van der Waals surface area contributed by atoms with E-state index in [2.05, 4.69) is 46.4 Å². The lowest BCUT2D eigenvalue weighted by Crippen LogP contribution is -2.30. The SMILES string of the molecule is CCn1c(SCCNC(=O)Nc2cccc(F)c2)nc(-c2ccccc2)c1-c1ccccc1. The fourth-order valence-corrected chi connectivity index (χ4v) is 4.49. The maximum atomic E-state index is 13.3. The second-order valence-corrected chi connectivity index (χ2v) is 8.37. The number of rotatable bonds is 8. The molecule has 0 spiro atoms. The van der Waals surface area contributed by atoms with Crippen molar-refractivity contribution in [3.05, 3.63) is 90.7 Å². The summed E-state index contributed by atoms with van der Waals surface area (Å²) >= 11 is 1.60. The van der Waals surface area contributed by atoms with E-state index >= 15 is 0 Å². The van der Waals surface area contributed by atoms with Crippen LogP contribution in [0, 0.1) is 5.82 Å². The zero-order valence-corrected chi connectivity index (χ0v) is 19.1. The van der Waals surface area contributed by atoms with Crippen LogP contribution >= 0.6 is 11.8 Å². The molecule has 0 bridgehead atoms. The molecule has 0 aliphatic heterocycles. The van der Waals surface area contributed by atoms with E-state index in [1.54, 1.807) is 23.9 Å². The summed E-state index contributed by atoms with van der Waals surface area (Å²) in [6.45, 7) is 3.33. The molecule has 0 unspecified atom stereocenters. The summed E-state index contributed by atoms with van der Waals surface area (Å²) in [6.07, 6.45) is 0. The molecule has 3 aromatic carbocycles. The van der Waals surface area contributed by atoms with Gasteiger partial charge in [-0.1, -0.05) is 78.5 Å². The van der Waals surface area contributed by atoms with Crippen LogP contribution in [0.25, 0.3) is 22.5 Å². The minimum Gasteiger partial charge on any atom is -0.337 e. The van der Waals surface area contributed by atoms with Crippen molar-refractivity contribution in [2.24, 2.45) is 0 Å². The minimum absolute atomic E-state index is 0.366. The first kappa shape index (κ1) is 22.6. The average molecular weight is 461 g/mol. The van der Waals surface area contributed by atoms with Crippen molar-refractivity contribution in [1.82, 2.24) is 14.9 Å². The first-order chi connectivity index (χ1) is 16.2. The van der Waals surface area contributed by atoms with Gasteiger partial charge in [0.15, 0.2) is 5.16 Å². The standard InChI is InChI=1S/C26H25FN4OS/c1-2-31-24(20-12-7-4-8-13-20)23(19-10-5-3-6-11-19)30-26(31)33-17-16-28-25(32)29-22-15-9-14-21(27)18-22/h3-15,18H,2,16-17H2,1H3,(H2,28,29,32). The van der Waals surface area contributed by atoms with Gasteiger partial charge in [-0.05, 0) is 25.1 Å². The molecule has 0 aliphatic rings. The second kappa shape index (κ2) is 10.8. The fraction of sp³-hybridized carbons (Fsp3) is 0.154. The highest BCUT2D eigenvalue weighted by Gasteiger charge is 2.19. The Bertz CT molecular complexity index is 1210. The van der Waals surface area contributed by atoms with Crippen LogP contribution in [-0.4, -0.2) is 27.9 Å². The van der Waals surface area contributed by atoms with E-state index in [-0.39, 0.29) is 6.03 Å². The van der Waals surface area contributed by atoms with Crippen LogP contribution in [0.15, 0.2) is 90.1 Å². The van der Waals surface area contributed by atoms with Crippen molar-refractivity contribution >= 4 is 23.5 Å². The topological polar surface area (TPSA) is 59.0 Å². The number of urea groups is 1. The zero-order chi connectivity index (χ0) is 23.0. The number of amides is 2. The van der Waals surface area contributed by atoms with Crippen LogP contribution in [0.1, 0.15) is 6.92 Å². The molecule has 4 aromatic rings. The van der Waals surface area contributed by atoms with Crippen molar-refractivity contribution < 1.29 is 9.18 Å². The van der Waals surface area contributed by atoms with Gasteiger partial charge in [0.1, 0.15) is 5.82 Å². The Morgan fingerprint density at radius 1 is 0.970 bits per heavy atom. The third-order valence-electron chi connectivity index (χ3n) is 5.04. The molecule has 0 fully saturated rings. The molecule has 7 heteroatoms. The average Bonchev–Trinajstić information content (AvgIpc) is 3.21. The van der Waals surface area contributed by atoms with Gasteiger partial charge < -0.3 is 15.2 Å². The smallest absolute Gasteiger partial charge is 0.319 e. The van der Waals surface area contributed by atoms with E-state index in [0.717, 1.165) is 34.2 Å². The lowest BCUT2D eigenvalue weighted by molar-refractivity contribution is 0.252. The monoisotopic (exact) mass is 460 g/mol. The van der Waals surface area contributed by atoms with Gasteiger partial charge in [0.05, 0.1) is 11.4 Å². The number of imidazole rings is 1. The Morgan fingerprint density at radius 3 is 2.33 bits per heavy atom. The summed E-state index contributed by atoms with van der Waals surface area (Å²) in [4.78, 5) is 17.1. The number of nitrogens with zero attached hydrogens (tertiary/aromatic N) is 2. The van der Waals surface area contributed by atoms with Crippen LogP contribution in [-0.2, 0) is 6.54 Å². The first-order valence-electron chi connectivity index (χ1n) is 10.8. The van der Waals surface area contributed by atoms with Gasteiger partial charge in [0.2, 0.25) is 0 Å². The number of thioether (sulfide) groups is 1. The number of hydrogen-bond acceptors (Lipinski definition) is 3. The van der Waals surface area contributed by atoms with Crippen LogP contribution in [0.2, 0.25) is 0 Å². The quantitative estimate of drug-likeness (QED) is 0.240. The fourth-order valence-electron chi connectivity index (χ4n) is 3.57. The number of hydrogen-bond donors (Lipinski definition) is 2. The largest absolute Gasteiger partial charge is 0.337 e. The summed E-state index contributed by atoms with van der Waals surface area (Å²) in [5.41, 5.74) is 4.64. The molecule has 5 nitrogen and oxygen atoms in total. The number of halogens is 1.